The molecule has 0 atom stereocenters. The van der Waals surface area contributed by atoms with Gasteiger partial charge in [0.2, 0.25) is 0 Å². The van der Waals surface area contributed by atoms with Gasteiger partial charge >= 0.3 is 5.97 Å². The Bertz CT molecular complexity index is 1170. The standard InChI is InChI=1S/C25H25N3O4/c1-27(12-16-5-3-2-4-6-16)24(29)22-21-10-8-18-11-17(7-9-20(18)23(21)32-26-22)13-28-14-19(15-28)25(30)31/h2-7,9,11,19H,8,10,12-15H2,1H3,(H,30,31). The molecule has 2 aromatic carbocycles. The first-order valence-corrected chi connectivity index (χ1v) is 10.8. The number of aromatic nitrogens is 1. The summed E-state index contributed by atoms with van der Waals surface area (Å²) in [5, 5.41) is 13.2. The van der Waals surface area contributed by atoms with Gasteiger partial charge in [-0.1, -0.05) is 53.7 Å². The predicted molar refractivity (Wildman–Crippen MR) is 118 cm³/mol. The van der Waals surface area contributed by atoms with Crippen molar-refractivity contribution in [2.45, 2.75) is 25.9 Å². The number of carbonyl (C=O) groups excluding carboxylic acids is 1. The van der Waals surface area contributed by atoms with Crippen LogP contribution in [0.15, 0.2) is 53.1 Å². The second-order valence-electron chi connectivity index (χ2n) is 8.71. The van der Waals surface area contributed by atoms with Crippen molar-refractivity contribution in [2.75, 3.05) is 20.1 Å². The van der Waals surface area contributed by atoms with Gasteiger partial charge in [0, 0.05) is 44.4 Å². The first-order valence-electron chi connectivity index (χ1n) is 10.8. The fraction of sp³-hybridized carbons (Fsp3) is 0.320. The third-order valence-corrected chi connectivity index (χ3v) is 6.37. The number of nitrogens with zero attached hydrogens (tertiary/aromatic N) is 3. The zero-order valence-corrected chi connectivity index (χ0v) is 18.0. The second kappa shape index (κ2) is 8.24. The summed E-state index contributed by atoms with van der Waals surface area (Å²) in [6, 6.07) is 16.1. The van der Waals surface area contributed by atoms with Crippen LogP contribution in [-0.2, 0) is 30.7 Å². The molecule has 0 spiro atoms. The molecular formula is C25H25N3O4. The van der Waals surface area contributed by atoms with Crippen molar-refractivity contribution >= 4 is 11.9 Å². The Labute approximate surface area is 186 Å². The molecule has 1 N–H and O–H groups in total. The Balaban J connectivity index is 1.31. The molecule has 0 saturated carbocycles. The number of carboxylic acids is 1. The maximum atomic E-state index is 13.0. The lowest BCUT2D eigenvalue weighted by molar-refractivity contribution is -0.147. The molecule has 2 aliphatic rings. The number of benzene rings is 2. The number of likely N-dealkylation sites (tertiary alicyclic amines) is 1. The number of aryl methyl sites for hydroxylation is 1. The van der Waals surface area contributed by atoms with Crippen LogP contribution in [0.1, 0.15) is 32.7 Å². The van der Waals surface area contributed by atoms with Crippen LogP contribution >= 0.6 is 0 Å². The highest BCUT2D eigenvalue weighted by Crippen LogP contribution is 2.36. The summed E-state index contributed by atoms with van der Waals surface area (Å²) in [5.74, 6) is -0.418. The van der Waals surface area contributed by atoms with Crippen molar-refractivity contribution in [1.29, 1.82) is 0 Å². The van der Waals surface area contributed by atoms with Crippen molar-refractivity contribution in [3.63, 3.8) is 0 Å². The summed E-state index contributed by atoms with van der Waals surface area (Å²) in [6.07, 6.45) is 1.53. The SMILES string of the molecule is CN(Cc1ccccc1)C(=O)c1noc2c1CCc1cc(CN3CC(C(=O)O)C3)ccc1-2. The molecule has 32 heavy (non-hydrogen) atoms. The Kier molecular flexibility index (Phi) is 5.27. The maximum absolute atomic E-state index is 13.0. The van der Waals surface area contributed by atoms with Crippen LogP contribution < -0.4 is 0 Å². The highest BCUT2D eigenvalue weighted by Gasteiger charge is 2.33. The van der Waals surface area contributed by atoms with E-state index in [0.29, 0.717) is 37.5 Å². The third-order valence-electron chi connectivity index (χ3n) is 6.37. The summed E-state index contributed by atoms with van der Waals surface area (Å²) in [4.78, 5) is 27.9. The number of hydrogen-bond acceptors (Lipinski definition) is 5. The number of carbonyl (C=O) groups is 2. The Morgan fingerprint density at radius 2 is 1.91 bits per heavy atom. The monoisotopic (exact) mass is 431 g/mol. The molecule has 1 aliphatic heterocycles. The first kappa shape index (κ1) is 20.5. The highest BCUT2D eigenvalue weighted by molar-refractivity contribution is 5.95. The van der Waals surface area contributed by atoms with Gasteiger partial charge in [-0.25, -0.2) is 0 Å². The maximum Gasteiger partial charge on any atom is 0.309 e. The molecule has 5 rings (SSSR count). The molecular weight excluding hydrogens is 406 g/mol. The lowest BCUT2D eigenvalue weighted by Gasteiger charge is -2.36. The molecule has 7 nitrogen and oxygen atoms in total. The average molecular weight is 431 g/mol. The van der Waals surface area contributed by atoms with E-state index in [9.17, 15) is 9.59 Å². The fourth-order valence-corrected chi connectivity index (χ4v) is 4.58. The van der Waals surface area contributed by atoms with Crippen molar-refractivity contribution in [3.8, 4) is 11.3 Å². The van der Waals surface area contributed by atoms with Crippen LogP contribution in [0.5, 0.6) is 0 Å². The third kappa shape index (κ3) is 3.80. The molecule has 1 aromatic heterocycles. The molecule has 3 aromatic rings. The summed E-state index contributed by atoms with van der Waals surface area (Å²) in [5.41, 5.74) is 5.66. The van der Waals surface area contributed by atoms with E-state index in [1.165, 1.54) is 5.56 Å². The van der Waals surface area contributed by atoms with E-state index in [1.54, 1.807) is 11.9 Å². The molecule has 2 heterocycles. The molecule has 1 aliphatic carbocycles. The van der Waals surface area contributed by atoms with E-state index < -0.39 is 5.97 Å². The topological polar surface area (TPSA) is 86.9 Å². The molecule has 1 amide bonds. The Hall–Kier alpha value is -3.45. The number of carboxylic acid groups (broad SMARTS) is 1. The molecule has 1 saturated heterocycles. The van der Waals surface area contributed by atoms with Crippen LogP contribution in [0.25, 0.3) is 11.3 Å². The summed E-state index contributed by atoms with van der Waals surface area (Å²) >= 11 is 0. The minimum absolute atomic E-state index is 0.135. The molecule has 1 fully saturated rings. The van der Waals surface area contributed by atoms with Gasteiger partial charge in [0.15, 0.2) is 11.5 Å². The van der Waals surface area contributed by atoms with E-state index in [2.05, 4.69) is 16.1 Å². The fourth-order valence-electron chi connectivity index (χ4n) is 4.58. The van der Waals surface area contributed by atoms with E-state index >= 15 is 0 Å². The van der Waals surface area contributed by atoms with E-state index in [0.717, 1.165) is 35.2 Å². The van der Waals surface area contributed by atoms with Gasteiger partial charge in [0.1, 0.15) is 0 Å². The number of rotatable bonds is 6. The summed E-state index contributed by atoms with van der Waals surface area (Å²) < 4.78 is 5.66. The van der Waals surface area contributed by atoms with Gasteiger partial charge in [-0.3, -0.25) is 14.5 Å². The van der Waals surface area contributed by atoms with Crippen LogP contribution in [0.3, 0.4) is 0 Å². The van der Waals surface area contributed by atoms with Gasteiger partial charge < -0.3 is 14.5 Å². The largest absolute Gasteiger partial charge is 0.481 e. The van der Waals surface area contributed by atoms with Crippen molar-refractivity contribution < 1.29 is 19.2 Å². The zero-order chi connectivity index (χ0) is 22.2. The molecule has 0 bridgehead atoms. The lowest BCUT2D eigenvalue weighted by atomic mass is 9.88. The molecule has 164 valence electrons. The van der Waals surface area contributed by atoms with Crippen molar-refractivity contribution in [3.05, 3.63) is 76.5 Å². The van der Waals surface area contributed by atoms with E-state index in [4.69, 9.17) is 9.63 Å². The van der Waals surface area contributed by atoms with Crippen LogP contribution in [0.2, 0.25) is 0 Å². The minimum Gasteiger partial charge on any atom is -0.481 e. The zero-order valence-electron chi connectivity index (χ0n) is 18.0. The molecule has 0 radical (unpaired) electrons. The Morgan fingerprint density at radius 1 is 1.12 bits per heavy atom. The van der Waals surface area contributed by atoms with Gasteiger partial charge in [-0.05, 0) is 29.5 Å². The molecule has 7 heteroatoms. The molecule has 0 unspecified atom stereocenters. The van der Waals surface area contributed by atoms with Crippen LogP contribution in [-0.4, -0.2) is 52.1 Å². The Morgan fingerprint density at radius 3 is 2.66 bits per heavy atom. The van der Waals surface area contributed by atoms with Gasteiger partial charge in [0.25, 0.3) is 5.91 Å². The first-order chi connectivity index (χ1) is 15.5. The predicted octanol–water partition coefficient (Wildman–Crippen LogP) is 3.23. The van der Waals surface area contributed by atoms with Gasteiger partial charge in [-0.15, -0.1) is 0 Å². The van der Waals surface area contributed by atoms with Crippen molar-refractivity contribution in [1.82, 2.24) is 15.0 Å². The van der Waals surface area contributed by atoms with Crippen molar-refractivity contribution in [2.24, 2.45) is 5.92 Å². The quantitative estimate of drug-likeness (QED) is 0.645. The lowest BCUT2D eigenvalue weighted by Crippen LogP contribution is -2.49. The number of hydrogen-bond donors (Lipinski definition) is 1. The second-order valence-corrected chi connectivity index (χ2v) is 8.71. The van der Waals surface area contributed by atoms with Crippen LogP contribution in [0, 0.1) is 5.92 Å². The number of fused-ring (bicyclic) bond motifs is 3. The number of aliphatic carboxylic acids is 1. The summed E-state index contributed by atoms with van der Waals surface area (Å²) in [7, 11) is 1.78. The van der Waals surface area contributed by atoms with Gasteiger partial charge in [0.05, 0.1) is 5.92 Å². The van der Waals surface area contributed by atoms with E-state index in [1.807, 2.05) is 42.5 Å². The highest BCUT2D eigenvalue weighted by atomic mass is 16.5. The van der Waals surface area contributed by atoms with Gasteiger partial charge in [-0.2, -0.15) is 0 Å². The minimum atomic E-state index is -0.718. The van der Waals surface area contributed by atoms with E-state index in [-0.39, 0.29) is 11.8 Å². The van der Waals surface area contributed by atoms with Crippen LogP contribution in [0.4, 0.5) is 0 Å². The average Bonchev–Trinajstić information content (AvgIpc) is 3.20. The summed E-state index contributed by atoms with van der Waals surface area (Å²) in [6.45, 7) is 2.45. The number of amides is 1. The smallest absolute Gasteiger partial charge is 0.309 e. The normalized spacial score (nSPS) is 15.5.